The van der Waals surface area contributed by atoms with Gasteiger partial charge in [0.1, 0.15) is 30.7 Å². The number of aliphatic hydroxyl groups excluding tert-OH is 1. The van der Waals surface area contributed by atoms with Crippen LogP contribution in [0.4, 0.5) is 4.39 Å². The zero-order valence-electron chi connectivity index (χ0n) is 26.1. The third kappa shape index (κ3) is 6.97. The summed E-state index contributed by atoms with van der Waals surface area (Å²) in [5.41, 5.74) is 4.93. The first-order valence-corrected chi connectivity index (χ1v) is 19.1. The van der Waals surface area contributed by atoms with Crippen molar-refractivity contribution in [2.75, 3.05) is 26.9 Å². The lowest BCUT2D eigenvalue weighted by Gasteiger charge is -2.20. The molecule has 2 N–H and O–H groups in total. The molecule has 2 aromatic carbocycles. The van der Waals surface area contributed by atoms with Crippen molar-refractivity contribution in [3.8, 4) is 28.3 Å². The summed E-state index contributed by atoms with van der Waals surface area (Å²) < 4.78 is 41.5. The summed E-state index contributed by atoms with van der Waals surface area (Å²) in [5.74, 6) is -0.00383. The summed E-state index contributed by atoms with van der Waals surface area (Å²) in [4.78, 5) is 16.4. The number of ether oxygens (including phenoxy) is 4. The molecule has 9 nitrogen and oxygen atoms in total. The van der Waals surface area contributed by atoms with E-state index in [9.17, 15) is 9.90 Å². The molecule has 0 spiro atoms. The van der Waals surface area contributed by atoms with Crippen molar-refractivity contribution in [1.29, 1.82) is 0 Å². The number of fused-ring (bicyclic) bond motifs is 2. The van der Waals surface area contributed by atoms with E-state index in [0.717, 1.165) is 22.7 Å². The van der Waals surface area contributed by atoms with Gasteiger partial charge in [-0.25, -0.2) is 9.37 Å². The Bertz CT molecular complexity index is 1650. The van der Waals surface area contributed by atoms with Crippen LogP contribution in [0.2, 0.25) is 25.7 Å². The molecule has 0 unspecified atom stereocenters. The number of carbonyl (C=O) groups excluding carboxylic acids is 1. The van der Waals surface area contributed by atoms with E-state index in [-0.39, 0.29) is 37.6 Å². The minimum absolute atomic E-state index is 0.0361. The largest absolute Gasteiger partial charge is 0.470 e. The fourth-order valence-electron chi connectivity index (χ4n) is 5.71. The summed E-state index contributed by atoms with van der Waals surface area (Å²) in [6.07, 6.45) is -1.59. The van der Waals surface area contributed by atoms with Crippen molar-refractivity contribution in [1.82, 2.24) is 14.9 Å². The molecule has 0 bridgehead atoms. The maximum Gasteiger partial charge on any atom is 0.224 e. The first-order valence-electron chi connectivity index (χ1n) is 15.4. The van der Waals surface area contributed by atoms with Crippen LogP contribution in [0.15, 0.2) is 60.7 Å². The first-order chi connectivity index (χ1) is 21.6. The van der Waals surface area contributed by atoms with Crippen molar-refractivity contribution in [3.05, 3.63) is 72.0 Å². The van der Waals surface area contributed by atoms with Gasteiger partial charge in [-0.15, -0.1) is 0 Å². The monoisotopic (exact) mass is 633 g/mol. The number of nitrogens with zero attached hydrogens (tertiary/aromatic N) is 2. The maximum atomic E-state index is 15.7. The van der Waals surface area contributed by atoms with E-state index in [1.165, 1.54) is 6.07 Å². The average molecular weight is 634 g/mol. The molecule has 2 saturated heterocycles. The van der Waals surface area contributed by atoms with Gasteiger partial charge < -0.3 is 29.4 Å². The molecule has 4 aromatic rings. The molecule has 0 aliphatic carbocycles. The van der Waals surface area contributed by atoms with Crippen LogP contribution < -0.4 is 10.1 Å². The van der Waals surface area contributed by atoms with E-state index in [4.69, 9.17) is 23.9 Å². The molecule has 11 heteroatoms. The Morgan fingerprint density at radius 3 is 2.38 bits per heavy atom. The lowest BCUT2D eigenvalue weighted by atomic mass is 10.0. The van der Waals surface area contributed by atoms with E-state index >= 15 is 4.39 Å². The van der Waals surface area contributed by atoms with Crippen LogP contribution in [0.5, 0.6) is 5.88 Å². The Labute approximate surface area is 263 Å². The summed E-state index contributed by atoms with van der Waals surface area (Å²) in [5, 5.41) is 12.8. The van der Waals surface area contributed by atoms with E-state index in [2.05, 4.69) is 25.0 Å². The molecule has 2 aliphatic heterocycles. The highest BCUT2D eigenvalue weighted by Gasteiger charge is 2.48. The highest BCUT2D eigenvalue weighted by atomic mass is 28.3. The van der Waals surface area contributed by atoms with Crippen LogP contribution in [-0.4, -0.2) is 79.9 Å². The Balaban J connectivity index is 1.26. The number of nitrogens with one attached hydrogen (secondary N) is 1. The second-order valence-corrected chi connectivity index (χ2v) is 18.5. The molecule has 2 aliphatic rings. The number of rotatable bonds is 11. The molecular formula is C34H40FN3O6Si. The molecule has 45 heavy (non-hydrogen) atoms. The number of halogens is 1. The molecule has 0 radical (unpaired) electrons. The fraction of sp³-hybridized carbons (Fsp3) is 0.412. The van der Waals surface area contributed by atoms with E-state index in [1.807, 2.05) is 48.5 Å². The van der Waals surface area contributed by atoms with Gasteiger partial charge in [-0.3, -0.25) is 9.36 Å². The number of benzene rings is 2. The second-order valence-electron chi connectivity index (χ2n) is 12.9. The Kier molecular flexibility index (Phi) is 9.07. The standard InChI is InChI=1S/C34H40FN3O6Si/c1-36-30(40)15-21-5-7-22(8-6-21)23-9-11-24(12-10-23)32-25(35)16-27-26(37-32)17-31(38(27)20-41-13-14-45(2,3)4)44-29-19-43-33-28(39)18-42-34(29)33/h5-12,16-17,28-29,33-34,39H,13-15,18-20H2,1-4H3,(H,36,40)/t28-,29-,33-,34-/m1/s1. The molecule has 0 saturated carbocycles. The van der Waals surface area contributed by atoms with Crippen LogP contribution >= 0.6 is 0 Å². The van der Waals surface area contributed by atoms with Crippen molar-refractivity contribution >= 4 is 25.0 Å². The Morgan fingerprint density at radius 1 is 1.02 bits per heavy atom. The van der Waals surface area contributed by atoms with Crippen molar-refractivity contribution in [2.45, 2.75) is 63.3 Å². The van der Waals surface area contributed by atoms with E-state index < -0.39 is 32.2 Å². The molecule has 2 aromatic heterocycles. The summed E-state index contributed by atoms with van der Waals surface area (Å²) in [7, 11) is 0.327. The maximum absolute atomic E-state index is 15.7. The minimum Gasteiger partial charge on any atom is -0.470 e. The lowest BCUT2D eigenvalue weighted by molar-refractivity contribution is -0.119. The number of hydrogen-bond acceptors (Lipinski definition) is 7. The SMILES string of the molecule is CNC(=O)Cc1ccc(-c2ccc(-c3nc4cc(O[C@@H]5CO[C@H]6[C@@H]5OC[C@H]6O)n(COCC[Si](C)(C)C)c4cc3F)cc2)cc1. The predicted octanol–water partition coefficient (Wildman–Crippen LogP) is 5.02. The van der Waals surface area contributed by atoms with Gasteiger partial charge in [0.25, 0.3) is 0 Å². The van der Waals surface area contributed by atoms with Gasteiger partial charge in [-0.1, -0.05) is 68.2 Å². The third-order valence-corrected chi connectivity index (χ3v) is 10.1. The van der Waals surface area contributed by atoms with Crippen LogP contribution in [0, 0.1) is 5.82 Å². The van der Waals surface area contributed by atoms with Crippen LogP contribution in [0.1, 0.15) is 5.56 Å². The van der Waals surface area contributed by atoms with Gasteiger partial charge in [-0.05, 0) is 22.7 Å². The molecule has 2 fully saturated rings. The highest BCUT2D eigenvalue weighted by molar-refractivity contribution is 6.76. The molecular weight excluding hydrogens is 593 g/mol. The first kappa shape index (κ1) is 31.4. The van der Waals surface area contributed by atoms with Crippen LogP contribution in [-0.2, 0) is 32.2 Å². The molecule has 4 atom stereocenters. The molecule has 6 rings (SSSR count). The number of hydrogen-bond donors (Lipinski definition) is 2. The van der Waals surface area contributed by atoms with Gasteiger partial charge >= 0.3 is 0 Å². The minimum atomic E-state index is -1.30. The lowest BCUT2D eigenvalue weighted by Crippen LogP contribution is -2.35. The van der Waals surface area contributed by atoms with Crippen molar-refractivity contribution in [2.24, 2.45) is 0 Å². The van der Waals surface area contributed by atoms with Gasteiger partial charge in [0, 0.05) is 39.4 Å². The van der Waals surface area contributed by atoms with Crippen molar-refractivity contribution < 1.29 is 33.2 Å². The number of carbonyl (C=O) groups is 1. The molecule has 1 amide bonds. The third-order valence-electron chi connectivity index (χ3n) is 8.36. The second kappa shape index (κ2) is 13.0. The number of pyridine rings is 1. The highest BCUT2D eigenvalue weighted by Crippen LogP contribution is 2.34. The topological polar surface area (TPSA) is 104 Å². The fourth-order valence-corrected chi connectivity index (χ4v) is 6.46. The molecule has 4 heterocycles. The van der Waals surface area contributed by atoms with Gasteiger partial charge in [0.15, 0.2) is 17.8 Å². The van der Waals surface area contributed by atoms with Gasteiger partial charge in [0.05, 0.1) is 30.7 Å². The zero-order chi connectivity index (χ0) is 31.7. The average Bonchev–Trinajstić information content (AvgIpc) is 3.69. The smallest absolute Gasteiger partial charge is 0.224 e. The quantitative estimate of drug-likeness (QED) is 0.177. The number of likely N-dealkylation sites (N-methyl/N-ethyl adjacent to an activating group) is 1. The van der Waals surface area contributed by atoms with Gasteiger partial charge in [-0.2, -0.15) is 0 Å². The van der Waals surface area contributed by atoms with E-state index in [1.54, 1.807) is 17.7 Å². The Morgan fingerprint density at radius 2 is 1.69 bits per heavy atom. The molecule has 238 valence electrons. The number of aromatic nitrogens is 2. The van der Waals surface area contributed by atoms with Crippen molar-refractivity contribution in [3.63, 3.8) is 0 Å². The number of aliphatic hydroxyl groups is 1. The van der Waals surface area contributed by atoms with E-state index in [0.29, 0.717) is 35.5 Å². The van der Waals surface area contributed by atoms with Crippen LogP contribution in [0.3, 0.4) is 0 Å². The predicted molar refractivity (Wildman–Crippen MR) is 172 cm³/mol. The van der Waals surface area contributed by atoms with Crippen LogP contribution in [0.25, 0.3) is 33.4 Å². The Hall–Kier alpha value is -3.61. The number of amides is 1. The summed E-state index contributed by atoms with van der Waals surface area (Å²) in [6.45, 7) is 8.14. The summed E-state index contributed by atoms with van der Waals surface area (Å²) in [6, 6.07) is 19.7. The van der Waals surface area contributed by atoms with Gasteiger partial charge in [0.2, 0.25) is 5.91 Å². The summed E-state index contributed by atoms with van der Waals surface area (Å²) >= 11 is 0. The zero-order valence-corrected chi connectivity index (χ0v) is 27.1. The normalized spacial score (nSPS) is 21.3.